The fourth-order valence-corrected chi connectivity index (χ4v) is 3.22. The molecule has 1 saturated heterocycles. The van der Waals surface area contributed by atoms with Gasteiger partial charge in [-0.25, -0.2) is 4.39 Å². The zero-order valence-corrected chi connectivity index (χ0v) is 12.1. The number of anilines is 1. The molecule has 20 heavy (non-hydrogen) atoms. The number of morpholine rings is 1. The Morgan fingerprint density at radius 1 is 1.35 bits per heavy atom. The van der Waals surface area contributed by atoms with Crippen molar-refractivity contribution in [2.75, 3.05) is 24.7 Å². The predicted octanol–water partition coefficient (Wildman–Crippen LogP) is 2.49. The van der Waals surface area contributed by atoms with Crippen molar-refractivity contribution < 1.29 is 9.13 Å². The molecule has 1 aliphatic rings. The van der Waals surface area contributed by atoms with E-state index in [0.29, 0.717) is 12.5 Å². The normalized spacial score (nSPS) is 19.3. The summed E-state index contributed by atoms with van der Waals surface area (Å²) in [6.45, 7) is 4.44. The van der Waals surface area contributed by atoms with Gasteiger partial charge < -0.3 is 9.64 Å². The summed E-state index contributed by atoms with van der Waals surface area (Å²) in [5.41, 5.74) is 1.05. The first-order valence-electron chi connectivity index (χ1n) is 6.63. The van der Waals surface area contributed by atoms with Gasteiger partial charge >= 0.3 is 0 Å². The van der Waals surface area contributed by atoms with Crippen molar-refractivity contribution in [2.24, 2.45) is 0 Å². The summed E-state index contributed by atoms with van der Waals surface area (Å²) in [7, 11) is 0. The van der Waals surface area contributed by atoms with Crippen molar-refractivity contribution in [3.63, 3.8) is 0 Å². The summed E-state index contributed by atoms with van der Waals surface area (Å²) >= 11 is 1.60. The molecule has 106 valence electrons. The molecule has 1 aromatic carbocycles. The van der Waals surface area contributed by atoms with E-state index in [2.05, 4.69) is 22.0 Å². The van der Waals surface area contributed by atoms with Crippen LogP contribution in [0.25, 0.3) is 0 Å². The predicted molar refractivity (Wildman–Crippen MR) is 76.7 cm³/mol. The van der Waals surface area contributed by atoms with Gasteiger partial charge in [0.15, 0.2) is 0 Å². The number of benzene rings is 1. The Balaban J connectivity index is 1.71. The molecule has 2 aromatic rings. The molecule has 0 aliphatic carbocycles. The SMILES string of the molecule is CC1COCCN1c1nnc(Cc2ccc(F)cc2)s1. The lowest BCUT2D eigenvalue weighted by molar-refractivity contribution is 0.0988. The van der Waals surface area contributed by atoms with Crippen LogP contribution in [0.3, 0.4) is 0 Å². The van der Waals surface area contributed by atoms with Gasteiger partial charge in [-0.15, -0.1) is 10.2 Å². The van der Waals surface area contributed by atoms with E-state index in [9.17, 15) is 4.39 Å². The van der Waals surface area contributed by atoms with E-state index in [1.54, 1.807) is 23.5 Å². The fourth-order valence-electron chi connectivity index (χ4n) is 2.22. The zero-order chi connectivity index (χ0) is 13.9. The van der Waals surface area contributed by atoms with Gasteiger partial charge in [0.2, 0.25) is 5.13 Å². The van der Waals surface area contributed by atoms with Crippen LogP contribution in [0, 0.1) is 5.82 Å². The summed E-state index contributed by atoms with van der Waals surface area (Å²) in [6.07, 6.45) is 0.691. The molecule has 4 nitrogen and oxygen atoms in total. The maximum Gasteiger partial charge on any atom is 0.208 e. The van der Waals surface area contributed by atoms with Gasteiger partial charge in [-0.1, -0.05) is 23.5 Å². The Morgan fingerprint density at radius 3 is 2.90 bits per heavy atom. The molecule has 0 N–H and O–H groups in total. The van der Waals surface area contributed by atoms with Crippen LogP contribution in [0.4, 0.5) is 9.52 Å². The molecule has 1 fully saturated rings. The number of halogens is 1. The van der Waals surface area contributed by atoms with E-state index in [-0.39, 0.29) is 5.82 Å². The first kappa shape index (κ1) is 13.5. The number of hydrogen-bond acceptors (Lipinski definition) is 5. The van der Waals surface area contributed by atoms with Gasteiger partial charge in [0.1, 0.15) is 10.8 Å². The van der Waals surface area contributed by atoms with Crippen molar-refractivity contribution in [1.29, 1.82) is 0 Å². The van der Waals surface area contributed by atoms with Crippen molar-refractivity contribution in [3.05, 3.63) is 40.7 Å². The third kappa shape index (κ3) is 2.96. The number of nitrogens with zero attached hydrogens (tertiary/aromatic N) is 3. The second-order valence-corrected chi connectivity index (χ2v) is 5.94. The van der Waals surface area contributed by atoms with Crippen molar-refractivity contribution >= 4 is 16.5 Å². The average Bonchev–Trinajstić information content (AvgIpc) is 2.90. The molecule has 1 atom stereocenters. The second-order valence-electron chi connectivity index (χ2n) is 4.90. The van der Waals surface area contributed by atoms with Crippen LogP contribution in [-0.4, -0.2) is 36.0 Å². The van der Waals surface area contributed by atoms with Gasteiger partial charge in [0, 0.05) is 13.0 Å². The van der Waals surface area contributed by atoms with Crippen LogP contribution in [0.15, 0.2) is 24.3 Å². The van der Waals surface area contributed by atoms with E-state index in [4.69, 9.17) is 4.74 Å². The maximum absolute atomic E-state index is 12.9. The molecule has 2 heterocycles. The minimum atomic E-state index is -0.214. The smallest absolute Gasteiger partial charge is 0.208 e. The Hall–Kier alpha value is -1.53. The standard InChI is InChI=1S/C14H16FN3OS/c1-10-9-19-7-6-18(10)14-17-16-13(20-14)8-11-2-4-12(15)5-3-11/h2-5,10H,6-9H2,1H3. The molecule has 0 spiro atoms. The molecule has 3 rings (SSSR count). The summed E-state index contributed by atoms with van der Waals surface area (Å²) in [4.78, 5) is 2.23. The highest BCUT2D eigenvalue weighted by molar-refractivity contribution is 7.15. The van der Waals surface area contributed by atoms with Crippen molar-refractivity contribution in [2.45, 2.75) is 19.4 Å². The lowest BCUT2D eigenvalue weighted by Crippen LogP contribution is -2.43. The highest BCUT2D eigenvalue weighted by atomic mass is 32.1. The van der Waals surface area contributed by atoms with Gasteiger partial charge in [-0.3, -0.25) is 0 Å². The highest BCUT2D eigenvalue weighted by Crippen LogP contribution is 2.25. The van der Waals surface area contributed by atoms with E-state index >= 15 is 0 Å². The summed E-state index contributed by atoms with van der Waals surface area (Å²) in [6, 6.07) is 6.85. The quantitative estimate of drug-likeness (QED) is 0.871. The Bertz CT molecular complexity index is 572. The number of hydrogen-bond donors (Lipinski definition) is 0. The molecule has 1 aliphatic heterocycles. The zero-order valence-electron chi connectivity index (χ0n) is 11.3. The molecular formula is C14H16FN3OS. The van der Waals surface area contributed by atoms with Gasteiger partial charge in [-0.05, 0) is 24.6 Å². The van der Waals surface area contributed by atoms with E-state index in [0.717, 1.165) is 35.5 Å². The topological polar surface area (TPSA) is 38.2 Å². The number of ether oxygens (including phenoxy) is 1. The maximum atomic E-state index is 12.9. The van der Waals surface area contributed by atoms with E-state index < -0.39 is 0 Å². The highest BCUT2D eigenvalue weighted by Gasteiger charge is 2.22. The molecular weight excluding hydrogens is 277 g/mol. The monoisotopic (exact) mass is 293 g/mol. The lowest BCUT2D eigenvalue weighted by Gasteiger charge is -2.32. The molecule has 0 amide bonds. The van der Waals surface area contributed by atoms with Crippen LogP contribution >= 0.6 is 11.3 Å². The summed E-state index contributed by atoms with van der Waals surface area (Å²) < 4.78 is 18.3. The van der Waals surface area contributed by atoms with E-state index in [1.807, 2.05) is 0 Å². The lowest BCUT2D eigenvalue weighted by atomic mass is 10.2. The van der Waals surface area contributed by atoms with Gasteiger partial charge in [0.05, 0.1) is 19.3 Å². The molecule has 1 aromatic heterocycles. The third-order valence-corrected chi connectivity index (χ3v) is 4.30. The third-order valence-electron chi connectivity index (χ3n) is 3.34. The minimum Gasteiger partial charge on any atom is -0.377 e. The minimum absolute atomic E-state index is 0.214. The molecule has 0 saturated carbocycles. The van der Waals surface area contributed by atoms with Crippen LogP contribution < -0.4 is 4.90 Å². The van der Waals surface area contributed by atoms with Crippen molar-refractivity contribution in [3.8, 4) is 0 Å². The molecule has 0 radical (unpaired) electrons. The fraction of sp³-hybridized carbons (Fsp3) is 0.429. The van der Waals surface area contributed by atoms with Crippen LogP contribution in [0.5, 0.6) is 0 Å². The van der Waals surface area contributed by atoms with Crippen LogP contribution in [0.1, 0.15) is 17.5 Å². The first-order valence-corrected chi connectivity index (χ1v) is 7.45. The largest absolute Gasteiger partial charge is 0.377 e. The van der Waals surface area contributed by atoms with Crippen LogP contribution in [0.2, 0.25) is 0 Å². The summed E-state index contributed by atoms with van der Waals surface area (Å²) in [5, 5.41) is 10.4. The Labute approximate surface area is 121 Å². The van der Waals surface area contributed by atoms with E-state index in [1.165, 1.54) is 12.1 Å². The number of rotatable bonds is 3. The molecule has 0 bridgehead atoms. The Kier molecular flexibility index (Phi) is 3.93. The first-order chi connectivity index (χ1) is 9.72. The average molecular weight is 293 g/mol. The van der Waals surface area contributed by atoms with Crippen LogP contribution in [-0.2, 0) is 11.2 Å². The molecule has 1 unspecified atom stereocenters. The second kappa shape index (κ2) is 5.85. The van der Waals surface area contributed by atoms with Crippen molar-refractivity contribution in [1.82, 2.24) is 10.2 Å². The van der Waals surface area contributed by atoms with Gasteiger partial charge in [0.25, 0.3) is 0 Å². The number of aromatic nitrogens is 2. The Morgan fingerprint density at radius 2 is 2.15 bits per heavy atom. The molecule has 6 heteroatoms. The van der Waals surface area contributed by atoms with Gasteiger partial charge in [-0.2, -0.15) is 0 Å². The summed E-state index contributed by atoms with van der Waals surface area (Å²) in [5.74, 6) is -0.214.